The minimum absolute atomic E-state index is 0.249. The second-order valence-corrected chi connectivity index (χ2v) is 8.52. The quantitative estimate of drug-likeness (QED) is 0.386. The summed E-state index contributed by atoms with van der Waals surface area (Å²) in [5.41, 5.74) is -1.43. The highest BCUT2D eigenvalue weighted by Gasteiger charge is 2.36. The molecule has 0 spiro atoms. The molecule has 12 heteroatoms. The van der Waals surface area contributed by atoms with E-state index in [0.717, 1.165) is 25.7 Å². The second-order valence-electron chi connectivity index (χ2n) is 6.73. The Morgan fingerprint density at radius 2 is 1.76 bits per heavy atom. The number of rotatable bonds is 5. The number of anilines is 2. The van der Waals surface area contributed by atoms with Crippen molar-refractivity contribution in [2.75, 3.05) is 11.4 Å². The van der Waals surface area contributed by atoms with Crippen LogP contribution in [0.3, 0.4) is 0 Å². The zero-order valence-corrected chi connectivity index (χ0v) is 17.6. The van der Waals surface area contributed by atoms with Crippen molar-refractivity contribution in [1.82, 2.24) is 15.0 Å². The number of methoxy groups -OCH3 is 1. The lowest BCUT2D eigenvalue weighted by atomic mass is 10.2. The Bertz CT molecular complexity index is 1450. The summed E-state index contributed by atoms with van der Waals surface area (Å²) in [7, 11) is -3.51. The molecular formula is C21H14F4N4O3S. The number of sulfonamides is 1. The van der Waals surface area contributed by atoms with Crippen molar-refractivity contribution in [2.45, 2.75) is 11.1 Å². The molecule has 7 nitrogen and oxygen atoms in total. The molecule has 0 aliphatic heterocycles. The van der Waals surface area contributed by atoms with Gasteiger partial charge in [0.1, 0.15) is 17.8 Å². The molecule has 2 heterocycles. The lowest BCUT2D eigenvalue weighted by Crippen LogP contribution is -2.28. The van der Waals surface area contributed by atoms with Crippen LogP contribution in [0.2, 0.25) is 0 Å². The lowest BCUT2D eigenvalue weighted by molar-refractivity contribution is -0.137. The number of aromatic nitrogens is 3. The van der Waals surface area contributed by atoms with Crippen LogP contribution in [0.25, 0.3) is 10.8 Å². The fourth-order valence-corrected chi connectivity index (χ4v) is 4.66. The van der Waals surface area contributed by atoms with Gasteiger partial charge < -0.3 is 4.74 Å². The fourth-order valence-electron chi connectivity index (χ4n) is 3.16. The average Bonchev–Trinajstić information content (AvgIpc) is 2.79. The Balaban J connectivity index is 1.97. The molecule has 0 aliphatic carbocycles. The highest BCUT2D eigenvalue weighted by Crippen LogP contribution is 2.42. The molecule has 0 amide bonds. The SMILES string of the molecule is COc1cc(C(F)(F)F)ccc1N(c1ncncc1F)S(=O)(=O)c1ccc2cnccc2c1. The first-order chi connectivity index (χ1) is 15.6. The summed E-state index contributed by atoms with van der Waals surface area (Å²) in [5, 5.41) is 1.19. The molecule has 2 aromatic carbocycles. The van der Waals surface area contributed by atoms with Gasteiger partial charge in [-0.15, -0.1) is 0 Å². The first kappa shape index (κ1) is 22.4. The Labute approximate surface area is 185 Å². The first-order valence-corrected chi connectivity index (χ1v) is 10.7. The van der Waals surface area contributed by atoms with E-state index in [1.54, 1.807) is 6.07 Å². The normalized spacial score (nSPS) is 12.0. The third-order valence-corrected chi connectivity index (χ3v) is 6.42. The van der Waals surface area contributed by atoms with Gasteiger partial charge >= 0.3 is 6.18 Å². The third kappa shape index (κ3) is 4.16. The summed E-state index contributed by atoms with van der Waals surface area (Å²) in [4.78, 5) is 11.0. The Kier molecular flexibility index (Phi) is 5.62. The topological polar surface area (TPSA) is 85.3 Å². The summed E-state index contributed by atoms with van der Waals surface area (Å²) in [6.07, 6.45) is -0.0367. The molecule has 0 atom stereocenters. The molecule has 4 rings (SSSR count). The molecule has 0 bridgehead atoms. The molecule has 0 unspecified atom stereocenters. The van der Waals surface area contributed by atoms with E-state index in [4.69, 9.17) is 4.74 Å². The summed E-state index contributed by atoms with van der Waals surface area (Å²) in [6.45, 7) is 0. The van der Waals surface area contributed by atoms with Crippen molar-refractivity contribution in [3.05, 3.63) is 78.8 Å². The van der Waals surface area contributed by atoms with Crippen molar-refractivity contribution in [2.24, 2.45) is 0 Å². The van der Waals surface area contributed by atoms with Crippen molar-refractivity contribution in [1.29, 1.82) is 0 Å². The van der Waals surface area contributed by atoms with E-state index in [2.05, 4.69) is 15.0 Å². The number of alkyl halides is 3. The predicted molar refractivity (Wildman–Crippen MR) is 111 cm³/mol. The summed E-state index contributed by atoms with van der Waals surface area (Å²) >= 11 is 0. The van der Waals surface area contributed by atoms with Gasteiger partial charge in [-0.05, 0) is 41.8 Å². The van der Waals surface area contributed by atoms with Crippen molar-refractivity contribution in [3.8, 4) is 5.75 Å². The summed E-state index contributed by atoms with van der Waals surface area (Å²) < 4.78 is 87.2. The van der Waals surface area contributed by atoms with E-state index >= 15 is 0 Å². The number of hydrogen-bond donors (Lipinski definition) is 0. The van der Waals surface area contributed by atoms with Gasteiger partial charge in [0, 0.05) is 17.8 Å². The number of pyridine rings is 1. The van der Waals surface area contributed by atoms with E-state index in [1.165, 1.54) is 30.6 Å². The van der Waals surface area contributed by atoms with Crippen molar-refractivity contribution in [3.63, 3.8) is 0 Å². The predicted octanol–water partition coefficient (Wildman–Crippen LogP) is 4.72. The van der Waals surface area contributed by atoms with Crippen LogP contribution in [0.15, 0.2) is 72.3 Å². The van der Waals surface area contributed by atoms with Gasteiger partial charge in [0.25, 0.3) is 10.0 Å². The van der Waals surface area contributed by atoms with Crippen LogP contribution in [0, 0.1) is 5.82 Å². The molecule has 0 N–H and O–H groups in total. The zero-order valence-electron chi connectivity index (χ0n) is 16.8. The van der Waals surface area contributed by atoms with E-state index in [-0.39, 0.29) is 10.6 Å². The van der Waals surface area contributed by atoms with Gasteiger partial charge in [-0.3, -0.25) is 4.98 Å². The Hall–Kier alpha value is -3.80. The molecule has 0 radical (unpaired) electrons. The van der Waals surface area contributed by atoms with Crippen LogP contribution in [-0.2, 0) is 16.2 Å². The first-order valence-electron chi connectivity index (χ1n) is 9.23. The molecule has 4 aromatic rings. The molecule has 0 saturated heterocycles. The Morgan fingerprint density at radius 1 is 0.970 bits per heavy atom. The number of nitrogens with zero attached hydrogens (tertiary/aromatic N) is 4. The highest BCUT2D eigenvalue weighted by molar-refractivity contribution is 7.93. The van der Waals surface area contributed by atoms with Crippen molar-refractivity contribution >= 4 is 32.3 Å². The molecule has 170 valence electrons. The van der Waals surface area contributed by atoms with Gasteiger partial charge in [0.2, 0.25) is 0 Å². The average molecular weight is 478 g/mol. The van der Waals surface area contributed by atoms with E-state index in [0.29, 0.717) is 27.2 Å². The van der Waals surface area contributed by atoms with E-state index in [9.17, 15) is 26.0 Å². The highest BCUT2D eigenvalue weighted by atomic mass is 32.2. The smallest absolute Gasteiger partial charge is 0.416 e. The number of benzene rings is 2. The number of fused-ring (bicyclic) bond motifs is 1. The maximum atomic E-state index is 14.7. The monoisotopic (exact) mass is 478 g/mol. The van der Waals surface area contributed by atoms with Crippen LogP contribution < -0.4 is 9.04 Å². The molecule has 0 saturated carbocycles. The van der Waals surface area contributed by atoms with Crippen LogP contribution in [0.4, 0.5) is 29.1 Å². The van der Waals surface area contributed by atoms with Gasteiger partial charge in [-0.25, -0.2) is 27.1 Å². The van der Waals surface area contributed by atoms with Crippen LogP contribution in [0.1, 0.15) is 5.56 Å². The van der Waals surface area contributed by atoms with E-state index in [1.807, 2.05) is 0 Å². The molecule has 33 heavy (non-hydrogen) atoms. The van der Waals surface area contributed by atoms with Gasteiger partial charge in [0.15, 0.2) is 11.6 Å². The standard InChI is InChI=1S/C21H14F4N4O3S/c1-32-19-9-15(21(23,24)25)3-5-18(19)29(20-17(22)11-27-12-28-20)33(30,31)16-4-2-14-10-26-7-6-13(14)8-16/h2-12H,1H3. The minimum atomic E-state index is -4.71. The van der Waals surface area contributed by atoms with Crippen molar-refractivity contribution < 1.29 is 30.7 Å². The molecule has 2 aromatic heterocycles. The van der Waals surface area contributed by atoms with Gasteiger partial charge in [-0.1, -0.05) is 6.07 Å². The number of hydrogen-bond acceptors (Lipinski definition) is 6. The summed E-state index contributed by atoms with van der Waals surface area (Å²) in [5.74, 6) is -2.23. The maximum Gasteiger partial charge on any atom is 0.416 e. The zero-order chi connectivity index (χ0) is 23.8. The number of ether oxygens (including phenoxy) is 1. The van der Waals surface area contributed by atoms with Crippen LogP contribution in [0.5, 0.6) is 5.75 Å². The third-order valence-electron chi connectivity index (χ3n) is 4.72. The van der Waals surface area contributed by atoms with Crippen LogP contribution in [-0.4, -0.2) is 30.5 Å². The van der Waals surface area contributed by atoms with Gasteiger partial charge in [-0.2, -0.15) is 13.2 Å². The molecule has 0 aliphatic rings. The van der Waals surface area contributed by atoms with Gasteiger partial charge in [0.05, 0.1) is 23.8 Å². The summed E-state index contributed by atoms with van der Waals surface area (Å²) in [6, 6.07) is 7.90. The Morgan fingerprint density at radius 3 is 2.45 bits per heavy atom. The maximum absolute atomic E-state index is 14.7. The second kappa shape index (κ2) is 8.28. The molecule has 0 fully saturated rings. The largest absolute Gasteiger partial charge is 0.495 e. The molecular weight excluding hydrogens is 464 g/mol. The fraction of sp³-hybridized carbons (Fsp3) is 0.0952. The van der Waals surface area contributed by atoms with Crippen LogP contribution >= 0.6 is 0 Å². The minimum Gasteiger partial charge on any atom is -0.495 e. The van der Waals surface area contributed by atoms with E-state index < -0.39 is 39.1 Å². The lowest BCUT2D eigenvalue weighted by Gasteiger charge is -2.26. The number of halogens is 4.